The Morgan fingerprint density at radius 3 is 2.11 bits per heavy atom. The maximum atomic E-state index is 15.2. The first kappa shape index (κ1) is 27.8. The van der Waals surface area contributed by atoms with Crippen LogP contribution >= 0.6 is 0 Å². The second-order valence-electron chi connectivity index (χ2n) is 10.6. The minimum Gasteiger partial charge on any atom is -0.399 e. The van der Waals surface area contributed by atoms with Gasteiger partial charge in [-0.15, -0.1) is 13.2 Å². The van der Waals surface area contributed by atoms with E-state index in [0.29, 0.717) is 11.5 Å². The van der Waals surface area contributed by atoms with Gasteiger partial charge in [0.1, 0.15) is 11.6 Å². The van der Waals surface area contributed by atoms with Crippen molar-refractivity contribution in [2.45, 2.75) is 102 Å². The number of ether oxygens (including phenoxy) is 1. The summed E-state index contributed by atoms with van der Waals surface area (Å²) in [6.45, 7) is 2.19. The zero-order valence-electron chi connectivity index (χ0n) is 21.0. The van der Waals surface area contributed by atoms with E-state index in [1.165, 1.54) is 44.2 Å². The molecule has 2 aliphatic carbocycles. The number of unbranched alkanes of at least 4 members (excludes halogenated alkanes) is 3. The molecule has 37 heavy (non-hydrogen) atoms. The van der Waals surface area contributed by atoms with Gasteiger partial charge in [0.15, 0.2) is 11.6 Å². The Bertz CT molecular complexity index is 1060. The van der Waals surface area contributed by atoms with Gasteiger partial charge >= 0.3 is 6.36 Å². The van der Waals surface area contributed by atoms with Crippen LogP contribution in [0.5, 0.6) is 5.75 Å². The van der Waals surface area contributed by atoms with Gasteiger partial charge in [-0.3, -0.25) is 0 Å². The molecule has 0 bridgehead atoms. The van der Waals surface area contributed by atoms with Gasteiger partial charge in [-0.25, -0.2) is 17.6 Å². The zero-order valence-corrected chi connectivity index (χ0v) is 21.0. The molecule has 0 aromatic heterocycles. The van der Waals surface area contributed by atoms with Gasteiger partial charge in [-0.1, -0.05) is 39.0 Å². The third-order valence-corrected chi connectivity index (χ3v) is 8.09. The molecule has 8 heteroatoms. The van der Waals surface area contributed by atoms with E-state index < -0.39 is 41.3 Å². The summed E-state index contributed by atoms with van der Waals surface area (Å²) in [5.41, 5.74) is 0.502. The molecule has 1 fully saturated rings. The highest BCUT2D eigenvalue weighted by Crippen LogP contribution is 2.43. The molecule has 0 saturated heterocycles. The molecule has 2 aromatic carbocycles. The largest absolute Gasteiger partial charge is 0.573 e. The van der Waals surface area contributed by atoms with Crippen LogP contribution in [0.15, 0.2) is 18.2 Å². The lowest BCUT2D eigenvalue weighted by Crippen LogP contribution is -2.22. The van der Waals surface area contributed by atoms with Crippen molar-refractivity contribution in [3.8, 4) is 5.75 Å². The lowest BCUT2D eigenvalue weighted by Gasteiger charge is -2.30. The number of halogens is 7. The van der Waals surface area contributed by atoms with E-state index in [-0.39, 0.29) is 41.9 Å². The summed E-state index contributed by atoms with van der Waals surface area (Å²) in [5, 5.41) is 0. The Morgan fingerprint density at radius 1 is 0.811 bits per heavy atom. The molecule has 0 radical (unpaired) electrons. The van der Waals surface area contributed by atoms with Gasteiger partial charge in [0.05, 0.1) is 0 Å². The Labute approximate surface area is 213 Å². The molecule has 1 nitrogen and oxygen atoms in total. The minimum atomic E-state index is -5.24. The molecular weight excluding hydrogens is 497 g/mol. The fraction of sp³-hybridized carbons (Fsp3) is 0.586. The van der Waals surface area contributed by atoms with Crippen LogP contribution in [0.2, 0.25) is 0 Å². The highest BCUT2D eigenvalue weighted by atomic mass is 19.4. The van der Waals surface area contributed by atoms with Crippen LogP contribution < -0.4 is 4.74 Å². The van der Waals surface area contributed by atoms with Crippen molar-refractivity contribution >= 4 is 0 Å². The standard InChI is InChI=1S/C29H33F7O/c1-2-3-4-5-6-17-7-9-18(10-8-17)20-14-23(30)26(24(31)15-20)19-11-12-22-21(13-19)16-25(32)28(27(22)33)37-29(34,35)36/h14-19H,2-13H2,1H3. The Hall–Kier alpha value is -2.25. The van der Waals surface area contributed by atoms with Crippen molar-refractivity contribution in [2.24, 2.45) is 5.92 Å². The summed E-state index contributed by atoms with van der Waals surface area (Å²) in [7, 11) is 0. The monoisotopic (exact) mass is 530 g/mol. The summed E-state index contributed by atoms with van der Waals surface area (Å²) in [6.07, 6.45) is 4.78. The van der Waals surface area contributed by atoms with Crippen molar-refractivity contribution in [3.63, 3.8) is 0 Å². The van der Waals surface area contributed by atoms with Gasteiger partial charge in [0, 0.05) is 5.56 Å². The average Bonchev–Trinajstić information content (AvgIpc) is 2.84. The maximum Gasteiger partial charge on any atom is 0.573 e. The number of alkyl halides is 3. The normalized spacial score (nSPS) is 22.1. The molecule has 4 rings (SSSR count). The highest BCUT2D eigenvalue weighted by Gasteiger charge is 2.37. The SMILES string of the molecule is CCCCCCC1CCC(c2cc(F)c(C3CCc4c(cc(F)c(OC(F)(F)F)c4F)C3)c(F)c2)CC1. The Morgan fingerprint density at radius 2 is 1.49 bits per heavy atom. The molecule has 1 saturated carbocycles. The van der Waals surface area contributed by atoms with Crippen LogP contribution in [0.25, 0.3) is 0 Å². The summed E-state index contributed by atoms with van der Waals surface area (Å²) < 4.78 is 100. The van der Waals surface area contributed by atoms with Crippen molar-refractivity contribution < 1.29 is 35.5 Å². The van der Waals surface area contributed by atoms with E-state index in [0.717, 1.165) is 31.7 Å². The van der Waals surface area contributed by atoms with Crippen molar-refractivity contribution in [3.05, 3.63) is 63.7 Å². The minimum absolute atomic E-state index is 0.0776. The summed E-state index contributed by atoms with van der Waals surface area (Å²) in [5.74, 6) is -5.66. The Balaban J connectivity index is 1.45. The topological polar surface area (TPSA) is 9.23 Å². The molecule has 2 aliphatic rings. The smallest absolute Gasteiger partial charge is 0.399 e. The maximum absolute atomic E-state index is 15.2. The molecule has 0 N–H and O–H groups in total. The van der Waals surface area contributed by atoms with Crippen molar-refractivity contribution in [2.75, 3.05) is 0 Å². The molecule has 0 heterocycles. The predicted octanol–water partition coefficient (Wildman–Crippen LogP) is 9.66. The number of benzene rings is 2. The molecular formula is C29H33F7O. The van der Waals surface area contributed by atoms with Crippen LogP contribution in [-0.2, 0) is 12.8 Å². The predicted molar refractivity (Wildman–Crippen MR) is 128 cm³/mol. The van der Waals surface area contributed by atoms with E-state index in [1.54, 1.807) is 0 Å². The molecule has 0 aliphatic heterocycles. The molecule has 1 atom stereocenters. The van der Waals surface area contributed by atoms with Gasteiger partial charge in [0.2, 0.25) is 5.75 Å². The van der Waals surface area contributed by atoms with Gasteiger partial charge in [0.25, 0.3) is 0 Å². The molecule has 0 spiro atoms. The van der Waals surface area contributed by atoms with E-state index in [1.807, 2.05) is 0 Å². The number of fused-ring (bicyclic) bond motifs is 1. The Kier molecular flexibility index (Phi) is 8.74. The third-order valence-electron chi connectivity index (χ3n) is 8.09. The lowest BCUT2D eigenvalue weighted by atomic mass is 9.75. The van der Waals surface area contributed by atoms with Gasteiger partial charge in [-0.05, 0) is 97.6 Å². The molecule has 2 aromatic rings. The van der Waals surface area contributed by atoms with Gasteiger partial charge < -0.3 is 4.74 Å². The van der Waals surface area contributed by atoms with Gasteiger partial charge in [-0.2, -0.15) is 0 Å². The highest BCUT2D eigenvalue weighted by molar-refractivity contribution is 5.43. The van der Waals surface area contributed by atoms with Crippen molar-refractivity contribution in [1.82, 2.24) is 0 Å². The second-order valence-corrected chi connectivity index (χ2v) is 10.6. The summed E-state index contributed by atoms with van der Waals surface area (Å²) >= 11 is 0. The van der Waals surface area contributed by atoms with E-state index >= 15 is 8.78 Å². The van der Waals surface area contributed by atoms with Crippen LogP contribution in [0.3, 0.4) is 0 Å². The fourth-order valence-electron chi connectivity index (χ4n) is 6.16. The fourth-order valence-corrected chi connectivity index (χ4v) is 6.16. The quantitative estimate of drug-likeness (QED) is 0.244. The van der Waals surface area contributed by atoms with Crippen molar-refractivity contribution in [1.29, 1.82) is 0 Å². The molecule has 1 unspecified atom stereocenters. The van der Waals surface area contributed by atoms with Crippen LogP contribution in [-0.4, -0.2) is 6.36 Å². The second kappa shape index (κ2) is 11.6. The first-order valence-corrected chi connectivity index (χ1v) is 13.3. The average molecular weight is 531 g/mol. The summed E-state index contributed by atoms with van der Waals surface area (Å²) in [4.78, 5) is 0. The first-order chi connectivity index (χ1) is 17.6. The first-order valence-electron chi connectivity index (χ1n) is 13.3. The van der Waals surface area contributed by atoms with E-state index in [4.69, 9.17) is 0 Å². The number of rotatable bonds is 8. The number of hydrogen-bond acceptors (Lipinski definition) is 1. The molecule has 204 valence electrons. The lowest BCUT2D eigenvalue weighted by molar-refractivity contribution is -0.276. The van der Waals surface area contributed by atoms with Crippen LogP contribution in [0, 0.1) is 29.2 Å². The van der Waals surface area contributed by atoms with Crippen LogP contribution in [0.1, 0.15) is 105 Å². The summed E-state index contributed by atoms with van der Waals surface area (Å²) in [6, 6.07) is 3.56. The van der Waals surface area contributed by atoms with Crippen LogP contribution in [0.4, 0.5) is 30.7 Å². The zero-order chi connectivity index (χ0) is 26.7. The number of hydrogen-bond donors (Lipinski definition) is 0. The van der Waals surface area contributed by atoms with E-state index in [2.05, 4.69) is 11.7 Å². The molecule has 0 amide bonds. The third kappa shape index (κ3) is 6.61. The van der Waals surface area contributed by atoms with E-state index in [9.17, 15) is 22.0 Å².